The summed E-state index contributed by atoms with van der Waals surface area (Å²) < 4.78 is 0. The molecular formula is C13H22N2O4. The van der Waals surface area contributed by atoms with E-state index in [1.807, 2.05) is 0 Å². The van der Waals surface area contributed by atoms with Gasteiger partial charge in [0.25, 0.3) is 0 Å². The summed E-state index contributed by atoms with van der Waals surface area (Å²) in [5.74, 6) is -1.53. The molecule has 6 nitrogen and oxygen atoms in total. The van der Waals surface area contributed by atoms with Gasteiger partial charge in [-0.15, -0.1) is 0 Å². The molecule has 0 radical (unpaired) electrons. The highest BCUT2D eigenvalue weighted by molar-refractivity contribution is 5.89. The lowest BCUT2D eigenvalue weighted by Gasteiger charge is -2.23. The number of carbonyl (C=O) groups is 3. The van der Waals surface area contributed by atoms with Crippen LogP contribution < -0.4 is 5.32 Å². The van der Waals surface area contributed by atoms with Gasteiger partial charge in [0.15, 0.2) is 0 Å². The molecule has 0 aliphatic carbocycles. The molecule has 19 heavy (non-hydrogen) atoms. The number of rotatable bonds is 5. The smallest absolute Gasteiger partial charge is 0.309 e. The Hall–Kier alpha value is -1.59. The van der Waals surface area contributed by atoms with E-state index in [9.17, 15) is 14.4 Å². The molecule has 1 unspecified atom stereocenters. The maximum Gasteiger partial charge on any atom is 0.309 e. The van der Waals surface area contributed by atoms with Gasteiger partial charge >= 0.3 is 5.97 Å². The van der Waals surface area contributed by atoms with E-state index in [2.05, 4.69) is 5.32 Å². The van der Waals surface area contributed by atoms with E-state index in [-0.39, 0.29) is 12.3 Å². The maximum absolute atomic E-state index is 12.0. The fourth-order valence-corrected chi connectivity index (χ4v) is 2.04. The van der Waals surface area contributed by atoms with Crippen molar-refractivity contribution in [2.75, 3.05) is 13.1 Å². The molecule has 1 fully saturated rings. The van der Waals surface area contributed by atoms with Crippen molar-refractivity contribution in [3.8, 4) is 0 Å². The van der Waals surface area contributed by atoms with Crippen LogP contribution in [-0.2, 0) is 14.4 Å². The molecule has 108 valence electrons. The molecule has 0 spiro atoms. The number of amides is 2. The molecule has 2 amide bonds. The summed E-state index contributed by atoms with van der Waals surface area (Å²) in [6.07, 6.45) is 1.86. The Bertz CT molecular complexity index is 373. The van der Waals surface area contributed by atoms with Crippen molar-refractivity contribution in [3.63, 3.8) is 0 Å². The van der Waals surface area contributed by atoms with Crippen LogP contribution in [-0.4, -0.2) is 46.9 Å². The van der Waals surface area contributed by atoms with Gasteiger partial charge < -0.3 is 15.3 Å². The van der Waals surface area contributed by atoms with Crippen molar-refractivity contribution in [1.29, 1.82) is 0 Å². The Morgan fingerprint density at radius 2 is 1.79 bits per heavy atom. The van der Waals surface area contributed by atoms with Crippen LogP contribution in [0.3, 0.4) is 0 Å². The maximum atomic E-state index is 12.0. The van der Waals surface area contributed by atoms with Gasteiger partial charge in [-0.1, -0.05) is 0 Å². The minimum absolute atomic E-state index is 0.0982. The number of likely N-dealkylation sites (tertiary alicyclic amines) is 1. The van der Waals surface area contributed by atoms with Crippen molar-refractivity contribution < 1.29 is 19.5 Å². The Kier molecular flexibility index (Phi) is 4.91. The lowest BCUT2D eigenvalue weighted by Crippen LogP contribution is -2.47. The zero-order chi connectivity index (χ0) is 14.6. The molecule has 1 saturated heterocycles. The molecule has 0 aromatic rings. The van der Waals surface area contributed by atoms with Gasteiger partial charge in [0.1, 0.15) is 6.04 Å². The molecule has 0 bridgehead atoms. The van der Waals surface area contributed by atoms with Crippen molar-refractivity contribution in [1.82, 2.24) is 10.2 Å². The first-order valence-electron chi connectivity index (χ1n) is 6.55. The number of hydrogen-bond acceptors (Lipinski definition) is 3. The number of carboxylic acids is 1. The van der Waals surface area contributed by atoms with E-state index in [0.717, 1.165) is 25.9 Å². The SMILES string of the molecule is CC(NC(=O)CC(C)(C)C(=O)O)C(=O)N1CCCC1. The van der Waals surface area contributed by atoms with E-state index in [1.165, 1.54) is 13.8 Å². The van der Waals surface area contributed by atoms with Crippen molar-refractivity contribution in [2.45, 2.75) is 46.1 Å². The zero-order valence-electron chi connectivity index (χ0n) is 11.7. The highest BCUT2D eigenvalue weighted by Crippen LogP contribution is 2.20. The highest BCUT2D eigenvalue weighted by atomic mass is 16.4. The minimum atomic E-state index is -1.12. The van der Waals surface area contributed by atoms with Crippen LogP contribution in [0.25, 0.3) is 0 Å². The Balaban J connectivity index is 2.47. The van der Waals surface area contributed by atoms with E-state index < -0.39 is 23.3 Å². The average Bonchev–Trinajstić information content (AvgIpc) is 2.79. The fraction of sp³-hybridized carbons (Fsp3) is 0.769. The summed E-state index contributed by atoms with van der Waals surface area (Å²) in [5.41, 5.74) is -1.12. The van der Waals surface area contributed by atoms with Gasteiger partial charge in [-0.25, -0.2) is 0 Å². The second-order valence-electron chi connectivity index (χ2n) is 5.69. The van der Waals surface area contributed by atoms with Crippen LogP contribution >= 0.6 is 0 Å². The van der Waals surface area contributed by atoms with Gasteiger partial charge in [-0.05, 0) is 33.6 Å². The molecule has 2 N–H and O–H groups in total. The molecule has 0 aromatic heterocycles. The zero-order valence-corrected chi connectivity index (χ0v) is 11.7. The van der Waals surface area contributed by atoms with Crippen LogP contribution in [0.4, 0.5) is 0 Å². The first-order chi connectivity index (χ1) is 8.74. The Labute approximate surface area is 113 Å². The largest absolute Gasteiger partial charge is 0.481 e. The summed E-state index contributed by atoms with van der Waals surface area (Å²) in [7, 11) is 0. The van der Waals surface area contributed by atoms with Crippen LogP contribution in [0.1, 0.15) is 40.0 Å². The summed E-state index contributed by atoms with van der Waals surface area (Å²) >= 11 is 0. The Morgan fingerprint density at radius 1 is 1.26 bits per heavy atom. The van der Waals surface area contributed by atoms with Gasteiger partial charge in [0.2, 0.25) is 11.8 Å². The first kappa shape index (κ1) is 15.5. The van der Waals surface area contributed by atoms with Crippen LogP contribution in [0, 0.1) is 5.41 Å². The molecule has 6 heteroatoms. The van der Waals surface area contributed by atoms with E-state index >= 15 is 0 Å². The molecule has 0 aromatic carbocycles. The summed E-state index contributed by atoms with van der Waals surface area (Å²) in [4.78, 5) is 36.4. The number of nitrogens with zero attached hydrogens (tertiary/aromatic N) is 1. The van der Waals surface area contributed by atoms with Gasteiger partial charge in [-0.3, -0.25) is 14.4 Å². The summed E-state index contributed by atoms with van der Waals surface area (Å²) in [6, 6.07) is -0.602. The third-order valence-corrected chi connectivity index (χ3v) is 3.35. The van der Waals surface area contributed by atoms with E-state index in [4.69, 9.17) is 5.11 Å². The lowest BCUT2D eigenvalue weighted by atomic mass is 9.89. The van der Waals surface area contributed by atoms with Crippen molar-refractivity contribution >= 4 is 17.8 Å². The monoisotopic (exact) mass is 270 g/mol. The molecular weight excluding hydrogens is 248 g/mol. The standard InChI is InChI=1S/C13H22N2O4/c1-9(11(17)15-6-4-5-7-15)14-10(16)8-13(2,3)12(18)19/h9H,4-8H2,1-3H3,(H,14,16)(H,18,19). The third kappa shape index (κ3) is 4.22. The first-order valence-corrected chi connectivity index (χ1v) is 6.55. The van der Waals surface area contributed by atoms with Crippen LogP contribution in [0.2, 0.25) is 0 Å². The molecule has 0 saturated carbocycles. The minimum Gasteiger partial charge on any atom is -0.481 e. The quantitative estimate of drug-likeness (QED) is 0.766. The predicted octanol–water partition coefficient (Wildman–Crippen LogP) is 0.614. The molecule has 1 heterocycles. The second kappa shape index (κ2) is 6.04. The second-order valence-corrected chi connectivity index (χ2v) is 5.69. The van der Waals surface area contributed by atoms with E-state index in [0.29, 0.717) is 0 Å². The topological polar surface area (TPSA) is 86.7 Å². The fourth-order valence-electron chi connectivity index (χ4n) is 2.04. The third-order valence-electron chi connectivity index (χ3n) is 3.35. The van der Waals surface area contributed by atoms with Crippen molar-refractivity contribution in [3.05, 3.63) is 0 Å². The molecule has 1 aliphatic heterocycles. The number of carboxylic acid groups (broad SMARTS) is 1. The van der Waals surface area contributed by atoms with Gasteiger partial charge in [0.05, 0.1) is 5.41 Å². The van der Waals surface area contributed by atoms with Gasteiger partial charge in [0, 0.05) is 19.5 Å². The number of carbonyl (C=O) groups excluding carboxylic acids is 2. The molecule has 1 rings (SSSR count). The van der Waals surface area contributed by atoms with E-state index in [1.54, 1.807) is 11.8 Å². The normalized spacial score (nSPS) is 17.1. The summed E-state index contributed by atoms with van der Waals surface area (Å²) in [5, 5.41) is 11.5. The number of aliphatic carboxylic acids is 1. The van der Waals surface area contributed by atoms with Crippen molar-refractivity contribution in [2.24, 2.45) is 5.41 Å². The Morgan fingerprint density at radius 3 is 2.26 bits per heavy atom. The van der Waals surface area contributed by atoms with Crippen LogP contribution in [0.15, 0.2) is 0 Å². The highest BCUT2D eigenvalue weighted by Gasteiger charge is 2.31. The molecule has 1 atom stereocenters. The lowest BCUT2D eigenvalue weighted by molar-refractivity contribution is -0.149. The average molecular weight is 270 g/mol. The number of nitrogens with one attached hydrogen (secondary N) is 1. The van der Waals surface area contributed by atoms with Crippen LogP contribution in [0.5, 0.6) is 0 Å². The predicted molar refractivity (Wildman–Crippen MR) is 69.5 cm³/mol. The number of hydrogen-bond donors (Lipinski definition) is 2. The molecule has 1 aliphatic rings. The summed E-state index contributed by atoms with van der Waals surface area (Å²) in [6.45, 7) is 6.08. The van der Waals surface area contributed by atoms with Gasteiger partial charge in [-0.2, -0.15) is 0 Å².